The second-order valence-corrected chi connectivity index (χ2v) is 7.37. The van der Waals surface area contributed by atoms with Crippen LogP contribution >= 0.6 is 0 Å². The van der Waals surface area contributed by atoms with E-state index in [0.717, 1.165) is 19.3 Å². The molecule has 2 N–H and O–H groups in total. The number of aryl methyl sites for hydroxylation is 1. The van der Waals surface area contributed by atoms with Crippen LogP contribution in [0.15, 0.2) is 24.5 Å². The molecular weight excluding hydrogens is 415 g/mol. The van der Waals surface area contributed by atoms with Crippen LogP contribution in [-0.2, 0) is 4.79 Å². The van der Waals surface area contributed by atoms with Crippen molar-refractivity contribution in [2.75, 3.05) is 11.9 Å². The highest BCUT2D eigenvalue weighted by Gasteiger charge is 2.29. The summed E-state index contributed by atoms with van der Waals surface area (Å²) < 4.78 is 41.6. The van der Waals surface area contributed by atoms with Crippen molar-refractivity contribution in [1.82, 2.24) is 20.3 Å². The molecule has 1 aliphatic carbocycles. The van der Waals surface area contributed by atoms with Gasteiger partial charge in [-0.25, -0.2) is 15.0 Å². The summed E-state index contributed by atoms with van der Waals surface area (Å²) in [6.07, 6.45) is 0.939. The van der Waals surface area contributed by atoms with Gasteiger partial charge in [0.1, 0.15) is 5.69 Å². The molecule has 0 radical (unpaired) electrons. The molecule has 0 bridgehead atoms. The number of anilines is 1. The summed E-state index contributed by atoms with van der Waals surface area (Å²) in [5, 5.41) is 5.35. The van der Waals surface area contributed by atoms with Crippen LogP contribution in [0.4, 0.5) is 19.1 Å². The number of halogens is 3. The van der Waals surface area contributed by atoms with Crippen LogP contribution in [0.25, 0.3) is 0 Å². The van der Waals surface area contributed by atoms with Gasteiger partial charge in [-0.05, 0) is 44.4 Å². The Balaban J connectivity index is 1.61. The number of alkyl halides is 3. The number of amides is 2. The first-order valence-electron chi connectivity index (χ1n) is 9.73. The summed E-state index contributed by atoms with van der Waals surface area (Å²) in [4.78, 5) is 36.5. The second-order valence-electron chi connectivity index (χ2n) is 7.37. The molecule has 2 heterocycles. The maximum Gasteiger partial charge on any atom is 0.422 e. The van der Waals surface area contributed by atoms with Gasteiger partial charge in [0.15, 0.2) is 6.61 Å². The topological polar surface area (TPSA) is 106 Å². The number of carbonyl (C=O) groups is 2. The zero-order valence-corrected chi connectivity index (χ0v) is 17.0. The van der Waals surface area contributed by atoms with E-state index in [1.807, 2.05) is 0 Å². The van der Waals surface area contributed by atoms with Crippen LogP contribution in [0.5, 0.6) is 5.88 Å². The molecule has 0 spiro atoms. The van der Waals surface area contributed by atoms with E-state index in [-0.39, 0.29) is 29.3 Å². The van der Waals surface area contributed by atoms with E-state index in [1.165, 1.54) is 18.5 Å². The number of pyridine rings is 1. The normalized spacial score (nSPS) is 15.0. The summed E-state index contributed by atoms with van der Waals surface area (Å²) >= 11 is 0. The third-order valence-corrected chi connectivity index (χ3v) is 4.87. The maximum atomic E-state index is 12.5. The molecule has 166 valence electrons. The fourth-order valence-electron chi connectivity index (χ4n) is 2.90. The van der Waals surface area contributed by atoms with Gasteiger partial charge in [0.25, 0.3) is 5.91 Å². The highest BCUT2D eigenvalue weighted by molar-refractivity contribution is 5.94. The lowest BCUT2D eigenvalue weighted by molar-refractivity contribution is -0.154. The van der Waals surface area contributed by atoms with Crippen molar-refractivity contribution in [3.05, 3.63) is 41.3 Å². The SMILES string of the molecule is Cc1cc(C(C)NC(=O)c2ccnc(NC(=O)C3CCC3)n2)cnc1OCC(F)(F)F. The Morgan fingerprint density at radius 1 is 1.29 bits per heavy atom. The van der Waals surface area contributed by atoms with Crippen molar-refractivity contribution >= 4 is 17.8 Å². The van der Waals surface area contributed by atoms with E-state index in [0.29, 0.717) is 11.1 Å². The Morgan fingerprint density at radius 3 is 2.65 bits per heavy atom. The molecule has 1 aliphatic rings. The lowest BCUT2D eigenvalue weighted by Gasteiger charge is -2.23. The Hall–Kier alpha value is -3.24. The first-order valence-corrected chi connectivity index (χ1v) is 9.73. The molecule has 2 aromatic rings. The molecule has 3 rings (SSSR count). The number of nitrogens with zero attached hydrogens (tertiary/aromatic N) is 3. The summed E-state index contributed by atoms with van der Waals surface area (Å²) in [6, 6.07) is 2.50. The van der Waals surface area contributed by atoms with Gasteiger partial charge in [-0.2, -0.15) is 13.2 Å². The van der Waals surface area contributed by atoms with Crippen molar-refractivity contribution in [2.24, 2.45) is 5.92 Å². The number of hydrogen-bond acceptors (Lipinski definition) is 6. The van der Waals surface area contributed by atoms with Crippen molar-refractivity contribution in [3.63, 3.8) is 0 Å². The van der Waals surface area contributed by atoms with E-state index < -0.39 is 24.7 Å². The van der Waals surface area contributed by atoms with Crippen LogP contribution in [0.3, 0.4) is 0 Å². The second kappa shape index (κ2) is 9.27. The number of carbonyl (C=O) groups excluding carboxylic acids is 2. The fourth-order valence-corrected chi connectivity index (χ4v) is 2.90. The molecule has 31 heavy (non-hydrogen) atoms. The lowest BCUT2D eigenvalue weighted by Crippen LogP contribution is -2.30. The van der Waals surface area contributed by atoms with Gasteiger partial charge >= 0.3 is 6.18 Å². The van der Waals surface area contributed by atoms with Crippen LogP contribution in [0, 0.1) is 12.8 Å². The van der Waals surface area contributed by atoms with E-state index in [2.05, 4.69) is 30.3 Å². The number of ether oxygens (including phenoxy) is 1. The third-order valence-electron chi connectivity index (χ3n) is 4.87. The average Bonchev–Trinajstić information content (AvgIpc) is 2.65. The highest BCUT2D eigenvalue weighted by atomic mass is 19.4. The summed E-state index contributed by atoms with van der Waals surface area (Å²) in [5.74, 6) is -0.765. The number of nitrogens with one attached hydrogen (secondary N) is 2. The van der Waals surface area contributed by atoms with Gasteiger partial charge in [-0.1, -0.05) is 6.42 Å². The maximum absolute atomic E-state index is 12.5. The Labute approximate surface area is 176 Å². The van der Waals surface area contributed by atoms with Crippen LogP contribution in [-0.4, -0.2) is 39.5 Å². The fraction of sp³-hybridized carbons (Fsp3) is 0.450. The number of aromatic nitrogens is 3. The molecule has 2 amide bonds. The van der Waals surface area contributed by atoms with Crippen molar-refractivity contribution < 1.29 is 27.5 Å². The highest BCUT2D eigenvalue weighted by Crippen LogP contribution is 2.27. The first-order chi connectivity index (χ1) is 14.6. The largest absolute Gasteiger partial charge is 0.468 e. The summed E-state index contributed by atoms with van der Waals surface area (Å²) in [6.45, 7) is 1.84. The molecule has 1 fully saturated rings. The first kappa shape index (κ1) is 22.4. The van der Waals surface area contributed by atoms with Gasteiger partial charge in [-0.3, -0.25) is 14.9 Å². The van der Waals surface area contributed by atoms with E-state index in [4.69, 9.17) is 0 Å². The quantitative estimate of drug-likeness (QED) is 0.688. The van der Waals surface area contributed by atoms with Crippen LogP contribution < -0.4 is 15.4 Å². The molecule has 1 saturated carbocycles. The number of rotatable bonds is 7. The van der Waals surface area contributed by atoms with Gasteiger partial charge in [-0.15, -0.1) is 0 Å². The minimum atomic E-state index is -4.46. The van der Waals surface area contributed by atoms with E-state index in [1.54, 1.807) is 19.9 Å². The van der Waals surface area contributed by atoms with Gasteiger partial charge in [0, 0.05) is 23.9 Å². The molecular formula is C20H22F3N5O3. The smallest absolute Gasteiger partial charge is 0.422 e. The Bertz CT molecular complexity index is 963. The minimum Gasteiger partial charge on any atom is -0.468 e. The summed E-state index contributed by atoms with van der Waals surface area (Å²) in [7, 11) is 0. The molecule has 0 aliphatic heterocycles. The predicted octanol–water partition coefficient (Wildman–Crippen LogP) is 3.35. The van der Waals surface area contributed by atoms with Crippen LogP contribution in [0.1, 0.15) is 53.8 Å². The zero-order valence-electron chi connectivity index (χ0n) is 17.0. The van der Waals surface area contributed by atoms with Gasteiger partial charge in [0.2, 0.25) is 17.7 Å². The average molecular weight is 437 g/mol. The predicted molar refractivity (Wildman–Crippen MR) is 104 cm³/mol. The van der Waals surface area contributed by atoms with Gasteiger partial charge < -0.3 is 10.1 Å². The van der Waals surface area contributed by atoms with E-state index in [9.17, 15) is 22.8 Å². The minimum absolute atomic E-state index is 0.0417. The zero-order chi connectivity index (χ0) is 22.6. The van der Waals surface area contributed by atoms with Crippen molar-refractivity contribution in [2.45, 2.75) is 45.3 Å². The molecule has 1 unspecified atom stereocenters. The number of hydrogen-bond donors (Lipinski definition) is 2. The van der Waals surface area contributed by atoms with Crippen molar-refractivity contribution in [3.8, 4) is 5.88 Å². The standard InChI is InChI=1S/C20H22F3N5O3/c1-11-8-14(9-25-18(11)31-10-20(21,22)23)12(2)26-17(30)15-6-7-24-19(27-15)28-16(29)13-4-3-5-13/h6-9,12-13H,3-5,10H2,1-2H3,(H,26,30)(H,24,27,28,29). The molecule has 11 heteroatoms. The molecule has 0 aromatic carbocycles. The molecule has 8 nitrogen and oxygen atoms in total. The van der Waals surface area contributed by atoms with E-state index >= 15 is 0 Å². The molecule has 2 aromatic heterocycles. The Kier molecular flexibility index (Phi) is 6.71. The monoisotopic (exact) mass is 437 g/mol. The molecule has 1 atom stereocenters. The summed E-state index contributed by atoms with van der Waals surface area (Å²) in [5.41, 5.74) is 1.06. The molecule has 0 saturated heterocycles. The van der Waals surface area contributed by atoms with Gasteiger partial charge in [0.05, 0.1) is 6.04 Å². The van der Waals surface area contributed by atoms with Crippen molar-refractivity contribution in [1.29, 1.82) is 0 Å². The third kappa shape index (κ3) is 6.12. The Morgan fingerprint density at radius 2 is 2.03 bits per heavy atom. The van der Waals surface area contributed by atoms with Crippen LogP contribution in [0.2, 0.25) is 0 Å². The lowest BCUT2D eigenvalue weighted by atomic mass is 9.85.